The van der Waals surface area contributed by atoms with Gasteiger partial charge in [-0.1, -0.05) is 24.6 Å². The Morgan fingerprint density at radius 3 is 2.38 bits per heavy atom. The molecule has 2 aliphatic heterocycles. The lowest BCUT2D eigenvalue weighted by molar-refractivity contribution is 0.183. The zero-order valence-corrected chi connectivity index (χ0v) is 22.3. The van der Waals surface area contributed by atoms with Gasteiger partial charge in [-0.2, -0.15) is 10.2 Å². The maximum absolute atomic E-state index is 6.09. The van der Waals surface area contributed by atoms with E-state index in [9.17, 15) is 0 Å². The van der Waals surface area contributed by atoms with Crippen molar-refractivity contribution in [2.24, 2.45) is 0 Å². The summed E-state index contributed by atoms with van der Waals surface area (Å²) in [6.07, 6.45) is 6.52. The minimum absolute atomic E-state index is 0.726. The third kappa shape index (κ3) is 5.27. The van der Waals surface area contributed by atoms with Gasteiger partial charge in [0.15, 0.2) is 5.82 Å². The first-order valence-corrected chi connectivity index (χ1v) is 14.3. The van der Waals surface area contributed by atoms with Crippen LogP contribution >= 0.6 is 0 Å². The first kappa shape index (κ1) is 24.3. The van der Waals surface area contributed by atoms with Crippen molar-refractivity contribution in [2.45, 2.75) is 38.6 Å². The SMILES string of the molecule is c1cc2cc(-c3n[nH]c4ccc(-c5n[nH]c(CN6CCCC6)n5)cc34)ccc2cc1OCCN1CCCCC1. The molecule has 0 unspecified atom stereocenters. The normalized spacial score (nSPS) is 16.9. The van der Waals surface area contributed by atoms with Crippen LogP contribution in [0, 0.1) is 0 Å². The van der Waals surface area contributed by atoms with Gasteiger partial charge in [-0.05, 0) is 99.0 Å². The Balaban J connectivity index is 1.09. The third-order valence-electron chi connectivity index (χ3n) is 8.13. The number of hydrogen-bond acceptors (Lipinski definition) is 6. The Hall–Kier alpha value is -3.75. The van der Waals surface area contributed by atoms with Crippen LogP contribution in [0.5, 0.6) is 5.75 Å². The molecule has 0 spiro atoms. The molecular weight excluding hydrogens is 486 g/mol. The monoisotopic (exact) mass is 521 g/mol. The largest absolute Gasteiger partial charge is 0.492 e. The highest BCUT2D eigenvalue weighted by Crippen LogP contribution is 2.32. The number of H-pyrrole nitrogens is 2. The first-order chi connectivity index (χ1) is 19.3. The smallest absolute Gasteiger partial charge is 0.181 e. The fraction of sp³-hybridized carbons (Fsp3) is 0.387. The van der Waals surface area contributed by atoms with Crippen molar-refractivity contribution in [1.29, 1.82) is 0 Å². The minimum atomic E-state index is 0.726. The Kier molecular flexibility index (Phi) is 6.72. The fourth-order valence-electron chi connectivity index (χ4n) is 5.96. The number of nitrogens with zero attached hydrogens (tertiary/aromatic N) is 5. The average molecular weight is 522 g/mol. The van der Waals surface area contributed by atoms with E-state index in [2.05, 4.69) is 84.8 Å². The van der Waals surface area contributed by atoms with E-state index in [1.54, 1.807) is 0 Å². The number of likely N-dealkylation sites (tertiary alicyclic amines) is 2. The molecule has 39 heavy (non-hydrogen) atoms. The molecule has 5 aromatic rings. The van der Waals surface area contributed by atoms with Crippen molar-refractivity contribution < 1.29 is 4.74 Å². The zero-order chi connectivity index (χ0) is 26.0. The van der Waals surface area contributed by atoms with Crippen LogP contribution in [-0.2, 0) is 6.54 Å². The van der Waals surface area contributed by atoms with Crippen LogP contribution in [-0.4, -0.2) is 74.5 Å². The number of rotatable bonds is 8. The molecule has 8 heteroatoms. The predicted octanol–water partition coefficient (Wildman–Crippen LogP) is 5.63. The number of hydrogen-bond donors (Lipinski definition) is 2. The lowest BCUT2D eigenvalue weighted by Gasteiger charge is -2.26. The van der Waals surface area contributed by atoms with Gasteiger partial charge in [0.25, 0.3) is 0 Å². The van der Waals surface area contributed by atoms with Crippen molar-refractivity contribution in [1.82, 2.24) is 35.2 Å². The molecule has 3 aromatic carbocycles. The van der Waals surface area contributed by atoms with Crippen LogP contribution in [0.1, 0.15) is 37.9 Å². The summed E-state index contributed by atoms with van der Waals surface area (Å²) in [5.74, 6) is 2.58. The maximum atomic E-state index is 6.09. The number of piperidine rings is 1. The molecule has 200 valence electrons. The van der Waals surface area contributed by atoms with Crippen molar-refractivity contribution in [3.05, 3.63) is 60.4 Å². The molecular formula is C31H35N7O. The minimum Gasteiger partial charge on any atom is -0.492 e. The van der Waals surface area contributed by atoms with Crippen LogP contribution in [0.15, 0.2) is 54.6 Å². The third-order valence-corrected chi connectivity index (χ3v) is 8.13. The van der Waals surface area contributed by atoms with Gasteiger partial charge in [0, 0.05) is 23.1 Å². The van der Waals surface area contributed by atoms with E-state index in [0.717, 1.165) is 77.9 Å². The van der Waals surface area contributed by atoms with Gasteiger partial charge in [-0.25, -0.2) is 4.98 Å². The zero-order valence-electron chi connectivity index (χ0n) is 22.3. The Labute approximate surface area is 228 Å². The molecule has 0 radical (unpaired) electrons. The molecule has 2 aliphatic rings. The summed E-state index contributed by atoms with van der Waals surface area (Å²) < 4.78 is 6.09. The number of nitrogens with one attached hydrogen (secondary N) is 2. The first-order valence-electron chi connectivity index (χ1n) is 14.3. The quantitative estimate of drug-likeness (QED) is 0.275. The Bertz CT molecular complexity index is 1580. The Morgan fingerprint density at radius 1 is 0.718 bits per heavy atom. The standard InChI is InChI=1S/C31H35N7O/c1-2-12-37(13-3-1)16-17-39-26-10-8-22-18-24(7-6-23(22)19-26)30-27-20-25(9-11-28(27)33-35-30)31-32-29(34-36-31)21-38-14-4-5-15-38/h6-11,18-20H,1-5,12-17,21H2,(H,33,35)(H,32,34,36). The molecule has 0 amide bonds. The summed E-state index contributed by atoms with van der Waals surface area (Å²) in [7, 11) is 0. The van der Waals surface area contributed by atoms with Crippen LogP contribution in [0.25, 0.3) is 44.3 Å². The van der Waals surface area contributed by atoms with Crippen LogP contribution in [0.2, 0.25) is 0 Å². The van der Waals surface area contributed by atoms with E-state index in [1.165, 1.54) is 56.0 Å². The molecule has 2 saturated heterocycles. The van der Waals surface area contributed by atoms with E-state index >= 15 is 0 Å². The number of benzene rings is 3. The topological polar surface area (TPSA) is 86.0 Å². The summed E-state index contributed by atoms with van der Waals surface area (Å²) in [5, 5.41) is 18.9. The Morgan fingerprint density at radius 2 is 1.49 bits per heavy atom. The lowest BCUT2D eigenvalue weighted by atomic mass is 10.0. The van der Waals surface area contributed by atoms with Gasteiger partial charge in [0.2, 0.25) is 0 Å². The molecule has 7 rings (SSSR count). The second-order valence-electron chi connectivity index (χ2n) is 10.9. The van der Waals surface area contributed by atoms with Gasteiger partial charge < -0.3 is 4.74 Å². The highest BCUT2D eigenvalue weighted by atomic mass is 16.5. The molecule has 0 saturated carbocycles. The number of fused-ring (bicyclic) bond motifs is 2. The van der Waals surface area contributed by atoms with Crippen molar-refractivity contribution >= 4 is 21.7 Å². The second kappa shape index (κ2) is 10.8. The predicted molar refractivity (Wildman–Crippen MR) is 155 cm³/mol. The molecule has 0 bridgehead atoms. The summed E-state index contributed by atoms with van der Waals surface area (Å²) in [5.41, 5.74) is 4.00. The molecule has 2 fully saturated rings. The van der Waals surface area contributed by atoms with E-state index < -0.39 is 0 Å². The van der Waals surface area contributed by atoms with E-state index in [-0.39, 0.29) is 0 Å². The summed E-state index contributed by atoms with van der Waals surface area (Å²) in [6.45, 7) is 7.23. The molecule has 2 aromatic heterocycles. The summed E-state index contributed by atoms with van der Waals surface area (Å²) in [6, 6.07) is 19.1. The maximum Gasteiger partial charge on any atom is 0.181 e. The second-order valence-corrected chi connectivity index (χ2v) is 10.9. The highest BCUT2D eigenvalue weighted by Gasteiger charge is 2.16. The van der Waals surface area contributed by atoms with Crippen LogP contribution in [0.3, 0.4) is 0 Å². The lowest BCUT2D eigenvalue weighted by Crippen LogP contribution is -2.33. The van der Waals surface area contributed by atoms with E-state index in [0.29, 0.717) is 0 Å². The molecule has 0 aliphatic carbocycles. The van der Waals surface area contributed by atoms with Gasteiger partial charge in [-0.3, -0.25) is 20.0 Å². The van der Waals surface area contributed by atoms with Gasteiger partial charge in [0.05, 0.1) is 17.8 Å². The van der Waals surface area contributed by atoms with Crippen LogP contribution in [0.4, 0.5) is 0 Å². The molecule has 4 heterocycles. The van der Waals surface area contributed by atoms with Gasteiger partial charge >= 0.3 is 0 Å². The van der Waals surface area contributed by atoms with Crippen molar-refractivity contribution in [3.8, 4) is 28.4 Å². The number of aromatic amines is 2. The highest BCUT2D eigenvalue weighted by molar-refractivity contribution is 5.97. The van der Waals surface area contributed by atoms with Crippen molar-refractivity contribution in [2.75, 3.05) is 39.3 Å². The number of aromatic nitrogens is 5. The van der Waals surface area contributed by atoms with E-state index in [4.69, 9.17) is 9.72 Å². The average Bonchev–Trinajstić information content (AvgIpc) is 3.75. The van der Waals surface area contributed by atoms with Crippen LogP contribution < -0.4 is 4.74 Å². The molecule has 2 N–H and O–H groups in total. The van der Waals surface area contributed by atoms with Gasteiger partial charge in [-0.15, -0.1) is 0 Å². The van der Waals surface area contributed by atoms with E-state index in [1.807, 2.05) is 0 Å². The molecule has 0 atom stereocenters. The van der Waals surface area contributed by atoms with Crippen molar-refractivity contribution in [3.63, 3.8) is 0 Å². The summed E-state index contributed by atoms with van der Waals surface area (Å²) >= 11 is 0. The molecule has 8 nitrogen and oxygen atoms in total. The fourth-order valence-corrected chi connectivity index (χ4v) is 5.96. The number of ether oxygens (including phenoxy) is 1. The summed E-state index contributed by atoms with van der Waals surface area (Å²) in [4.78, 5) is 9.71. The van der Waals surface area contributed by atoms with Gasteiger partial charge in [0.1, 0.15) is 18.2 Å².